The van der Waals surface area contributed by atoms with Crippen LogP contribution < -0.4 is 11.2 Å². The molecule has 1 aliphatic heterocycles. The van der Waals surface area contributed by atoms with Crippen molar-refractivity contribution in [3.05, 3.63) is 31.5 Å². The van der Waals surface area contributed by atoms with Gasteiger partial charge < -0.3 is 4.74 Å². The third kappa shape index (κ3) is 2.62. The molecule has 1 aromatic rings. The number of hydrogen-bond donors (Lipinski definition) is 1. The van der Waals surface area contributed by atoms with Gasteiger partial charge in [-0.05, 0) is 35.2 Å². The number of H-pyrrole nitrogens is 1. The van der Waals surface area contributed by atoms with Crippen molar-refractivity contribution in [1.29, 1.82) is 0 Å². The summed E-state index contributed by atoms with van der Waals surface area (Å²) in [5.74, 6) is 0. The van der Waals surface area contributed by atoms with E-state index < -0.39 is 5.56 Å². The lowest BCUT2D eigenvalue weighted by Gasteiger charge is -2.10. The third-order valence-corrected chi connectivity index (χ3v) is 3.25. The number of halogens is 1. The molecule has 2 rings (SSSR count). The molecule has 0 aliphatic carbocycles. The minimum absolute atomic E-state index is 0.248. The molecule has 88 valence electrons. The molecular formula is C10H13BrN2O3. The van der Waals surface area contributed by atoms with Gasteiger partial charge in [-0.3, -0.25) is 14.3 Å². The van der Waals surface area contributed by atoms with Crippen molar-refractivity contribution in [2.45, 2.75) is 31.9 Å². The highest BCUT2D eigenvalue weighted by Gasteiger charge is 2.15. The standard InChI is InChI=1S/C10H13BrN2O3/c11-8-6-13(10(15)12-9(8)14)4-3-7-2-1-5-16-7/h6-7H,1-5H2,(H,12,14,15). The molecule has 16 heavy (non-hydrogen) atoms. The summed E-state index contributed by atoms with van der Waals surface area (Å²) in [5, 5.41) is 0. The van der Waals surface area contributed by atoms with Crippen molar-refractivity contribution in [2.75, 3.05) is 6.61 Å². The second-order valence-corrected chi connectivity index (χ2v) is 4.71. The van der Waals surface area contributed by atoms with E-state index >= 15 is 0 Å². The molecule has 2 heterocycles. The molecule has 1 saturated heterocycles. The van der Waals surface area contributed by atoms with Crippen LogP contribution in [0.25, 0.3) is 0 Å². The number of nitrogens with one attached hydrogen (secondary N) is 1. The highest BCUT2D eigenvalue weighted by Crippen LogP contribution is 2.15. The molecule has 0 radical (unpaired) electrons. The SMILES string of the molecule is O=c1[nH]c(=O)n(CCC2CCCO2)cc1Br. The molecule has 0 amide bonds. The zero-order valence-corrected chi connectivity index (χ0v) is 10.3. The fourth-order valence-electron chi connectivity index (χ4n) is 1.80. The lowest BCUT2D eigenvalue weighted by molar-refractivity contribution is 0.1000. The van der Waals surface area contributed by atoms with Gasteiger partial charge in [-0.2, -0.15) is 0 Å². The van der Waals surface area contributed by atoms with Crippen molar-refractivity contribution in [2.24, 2.45) is 0 Å². The molecule has 1 N–H and O–H groups in total. The van der Waals surface area contributed by atoms with Crippen LogP contribution in [0.5, 0.6) is 0 Å². The number of aromatic amines is 1. The first-order chi connectivity index (χ1) is 7.66. The number of aromatic nitrogens is 2. The summed E-state index contributed by atoms with van der Waals surface area (Å²) < 4.78 is 7.34. The fourth-order valence-corrected chi connectivity index (χ4v) is 2.15. The van der Waals surface area contributed by atoms with E-state index in [0.717, 1.165) is 25.9 Å². The van der Waals surface area contributed by atoms with E-state index in [1.165, 1.54) is 10.8 Å². The largest absolute Gasteiger partial charge is 0.378 e. The molecule has 0 saturated carbocycles. The van der Waals surface area contributed by atoms with E-state index in [2.05, 4.69) is 20.9 Å². The highest BCUT2D eigenvalue weighted by molar-refractivity contribution is 9.10. The average Bonchev–Trinajstić information content (AvgIpc) is 2.74. The quantitative estimate of drug-likeness (QED) is 0.898. The Bertz CT molecular complexity index is 474. The van der Waals surface area contributed by atoms with Crippen LogP contribution in [0.1, 0.15) is 19.3 Å². The Morgan fingerprint density at radius 3 is 3.06 bits per heavy atom. The minimum atomic E-state index is -0.390. The van der Waals surface area contributed by atoms with E-state index in [1.807, 2.05) is 0 Å². The fraction of sp³-hybridized carbons (Fsp3) is 0.600. The Labute approximate surface area is 101 Å². The van der Waals surface area contributed by atoms with E-state index in [9.17, 15) is 9.59 Å². The van der Waals surface area contributed by atoms with Crippen molar-refractivity contribution >= 4 is 15.9 Å². The Hall–Kier alpha value is -0.880. The molecule has 1 fully saturated rings. The predicted octanol–water partition coefficient (Wildman–Crippen LogP) is 0.868. The van der Waals surface area contributed by atoms with Gasteiger partial charge in [-0.1, -0.05) is 0 Å². The van der Waals surface area contributed by atoms with Gasteiger partial charge in [0.05, 0.1) is 10.6 Å². The summed E-state index contributed by atoms with van der Waals surface area (Å²) in [4.78, 5) is 24.8. The predicted molar refractivity (Wildman–Crippen MR) is 62.6 cm³/mol. The van der Waals surface area contributed by atoms with Crippen molar-refractivity contribution in [3.63, 3.8) is 0 Å². The maximum atomic E-state index is 11.4. The van der Waals surface area contributed by atoms with Crippen LogP contribution >= 0.6 is 15.9 Å². The van der Waals surface area contributed by atoms with E-state index in [1.54, 1.807) is 0 Å². The number of hydrogen-bond acceptors (Lipinski definition) is 3. The Morgan fingerprint density at radius 1 is 1.56 bits per heavy atom. The van der Waals surface area contributed by atoms with E-state index in [4.69, 9.17) is 4.74 Å². The summed E-state index contributed by atoms with van der Waals surface area (Å²) in [5.41, 5.74) is -0.760. The second kappa shape index (κ2) is 4.97. The van der Waals surface area contributed by atoms with Gasteiger partial charge in [0.2, 0.25) is 0 Å². The Kier molecular flexibility index (Phi) is 3.60. The summed E-state index contributed by atoms with van der Waals surface area (Å²) in [7, 11) is 0. The van der Waals surface area contributed by atoms with Crippen LogP contribution in [0.3, 0.4) is 0 Å². The van der Waals surface area contributed by atoms with Crippen LogP contribution in [0.2, 0.25) is 0 Å². The Balaban J connectivity index is 2.06. The molecule has 6 heteroatoms. The van der Waals surface area contributed by atoms with Crippen LogP contribution in [0, 0.1) is 0 Å². The van der Waals surface area contributed by atoms with E-state index in [-0.39, 0.29) is 11.8 Å². The van der Waals surface area contributed by atoms with Gasteiger partial charge in [0.1, 0.15) is 0 Å². The molecule has 5 nitrogen and oxygen atoms in total. The number of ether oxygens (including phenoxy) is 1. The lowest BCUT2D eigenvalue weighted by atomic mass is 10.2. The van der Waals surface area contributed by atoms with Crippen LogP contribution in [-0.4, -0.2) is 22.3 Å². The normalized spacial score (nSPS) is 20.2. The van der Waals surface area contributed by atoms with Gasteiger partial charge in [0.25, 0.3) is 5.56 Å². The molecule has 1 aliphatic rings. The maximum absolute atomic E-state index is 11.4. The lowest BCUT2D eigenvalue weighted by Crippen LogP contribution is -2.30. The zero-order chi connectivity index (χ0) is 11.5. The monoisotopic (exact) mass is 288 g/mol. The third-order valence-electron chi connectivity index (χ3n) is 2.68. The Morgan fingerprint density at radius 2 is 2.38 bits per heavy atom. The van der Waals surface area contributed by atoms with Gasteiger partial charge >= 0.3 is 5.69 Å². The maximum Gasteiger partial charge on any atom is 0.328 e. The van der Waals surface area contributed by atoms with Crippen molar-refractivity contribution in [1.82, 2.24) is 9.55 Å². The average molecular weight is 289 g/mol. The molecule has 1 atom stereocenters. The van der Waals surface area contributed by atoms with Gasteiger partial charge in [-0.15, -0.1) is 0 Å². The zero-order valence-electron chi connectivity index (χ0n) is 8.74. The number of aryl methyl sites for hydroxylation is 1. The highest BCUT2D eigenvalue weighted by atomic mass is 79.9. The van der Waals surface area contributed by atoms with Gasteiger partial charge in [0.15, 0.2) is 0 Å². The smallest absolute Gasteiger partial charge is 0.328 e. The summed E-state index contributed by atoms with van der Waals surface area (Å²) in [6.07, 6.45) is 4.72. The number of rotatable bonds is 3. The first-order valence-corrected chi connectivity index (χ1v) is 6.07. The molecule has 0 bridgehead atoms. The minimum Gasteiger partial charge on any atom is -0.378 e. The first kappa shape index (κ1) is 11.6. The van der Waals surface area contributed by atoms with E-state index in [0.29, 0.717) is 11.0 Å². The summed E-state index contributed by atoms with van der Waals surface area (Å²) >= 11 is 3.10. The van der Waals surface area contributed by atoms with Crippen molar-refractivity contribution < 1.29 is 4.74 Å². The van der Waals surface area contributed by atoms with Crippen LogP contribution in [0.4, 0.5) is 0 Å². The van der Waals surface area contributed by atoms with Crippen molar-refractivity contribution in [3.8, 4) is 0 Å². The second-order valence-electron chi connectivity index (χ2n) is 3.85. The molecule has 1 aromatic heterocycles. The summed E-state index contributed by atoms with van der Waals surface area (Å²) in [6, 6.07) is 0. The molecule has 1 unspecified atom stereocenters. The van der Waals surface area contributed by atoms with Gasteiger partial charge in [-0.25, -0.2) is 4.79 Å². The number of nitrogens with zero attached hydrogens (tertiary/aromatic N) is 1. The molecule has 0 aromatic carbocycles. The first-order valence-electron chi connectivity index (χ1n) is 5.27. The van der Waals surface area contributed by atoms with Crippen LogP contribution in [0.15, 0.2) is 20.3 Å². The topological polar surface area (TPSA) is 64.1 Å². The van der Waals surface area contributed by atoms with Crippen LogP contribution in [-0.2, 0) is 11.3 Å². The summed E-state index contributed by atoms with van der Waals surface area (Å²) in [6.45, 7) is 1.38. The molecule has 0 spiro atoms. The molecular weight excluding hydrogens is 276 g/mol. The van der Waals surface area contributed by atoms with Gasteiger partial charge in [0, 0.05) is 19.3 Å².